The second kappa shape index (κ2) is 4.81. The highest BCUT2D eigenvalue weighted by Crippen LogP contribution is 2.34. The van der Waals surface area contributed by atoms with Crippen LogP contribution in [0.3, 0.4) is 0 Å². The van der Waals surface area contributed by atoms with E-state index in [0.717, 1.165) is 0 Å². The average molecular weight is 232 g/mol. The Morgan fingerprint density at radius 1 is 1.47 bits per heavy atom. The van der Waals surface area contributed by atoms with Crippen molar-refractivity contribution in [3.05, 3.63) is 28.5 Å². The Hall–Kier alpha value is -0.800. The largest absolute Gasteiger partial charge is 0.506 e. The van der Waals surface area contributed by atoms with Crippen molar-refractivity contribution in [2.24, 2.45) is 11.7 Å². The van der Waals surface area contributed by atoms with Crippen LogP contribution in [0.25, 0.3) is 0 Å². The molecule has 0 bridgehead atoms. The lowest BCUT2D eigenvalue weighted by atomic mass is 9.97. The van der Waals surface area contributed by atoms with E-state index in [9.17, 15) is 9.50 Å². The molecule has 0 aliphatic rings. The van der Waals surface area contributed by atoms with Gasteiger partial charge in [0.05, 0.1) is 5.02 Å². The van der Waals surface area contributed by atoms with Crippen LogP contribution < -0.4 is 5.73 Å². The summed E-state index contributed by atoms with van der Waals surface area (Å²) >= 11 is 5.69. The minimum absolute atomic E-state index is 0.108. The fraction of sp³-hybridized carbons (Fsp3) is 0.455. The molecule has 0 heterocycles. The molecule has 0 aromatic heterocycles. The summed E-state index contributed by atoms with van der Waals surface area (Å²) in [5, 5.41) is 9.74. The smallest absolute Gasteiger partial charge is 0.141 e. The molecule has 0 aliphatic carbocycles. The molecule has 0 saturated carbocycles. The van der Waals surface area contributed by atoms with E-state index in [1.807, 2.05) is 13.8 Å². The Bertz CT molecular complexity index is 355. The lowest BCUT2D eigenvalue weighted by Gasteiger charge is -2.17. The summed E-state index contributed by atoms with van der Waals surface area (Å²) in [6, 6.07) is 2.01. The van der Waals surface area contributed by atoms with Crippen molar-refractivity contribution < 1.29 is 9.50 Å². The molecule has 1 atom stereocenters. The standard InChI is InChI=1S/C11H15ClFNO/c1-6(2)5-9(14)10-8(13)4-3-7(12)11(10)15/h3-4,6,9,15H,5,14H2,1-2H3/t9-/m0/s1. The zero-order valence-electron chi connectivity index (χ0n) is 8.80. The molecule has 0 spiro atoms. The van der Waals surface area contributed by atoms with Gasteiger partial charge in [-0.25, -0.2) is 4.39 Å². The van der Waals surface area contributed by atoms with Gasteiger partial charge in [-0.05, 0) is 24.5 Å². The maximum atomic E-state index is 13.4. The van der Waals surface area contributed by atoms with E-state index in [1.54, 1.807) is 0 Å². The van der Waals surface area contributed by atoms with E-state index in [1.165, 1.54) is 12.1 Å². The number of hydrogen-bond acceptors (Lipinski definition) is 2. The van der Waals surface area contributed by atoms with Crippen LogP contribution in [0.4, 0.5) is 4.39 Å². The van der Waals surface area contributed by atoms with Crippen molar-refractivity contribution in [3.63, 3.8) is 0 Å². The van der Waals surface area contributed by atoms with E-state index in [-0.39, 0.29) is 16.3 Å². The molecule has 4 heteroatoms. The highest BCUT2D eigenvalue weighted by atomic mass is 35.5. The van der Waals surface area contributed by atoms with Gasteiger partial charge in [0.15, 0.2) is 0 Å². The fourth-order valence-corrected chi connectivity index (χ4v) is 1.70. The molecule has 1 aromatic carbocycles. The second-order valence-corrected chi connectivity index (χ2v) is 4.43. The lowest BCUT2D eigenvalue weighted by molar-refractivity contribution is 0.430. The van der Waals surface area contributed by atoms with Crippen LogP contribution in [0.5, 0.6) is 5.75 Å². The summed E-state index contributed by atoms with van der Waals surface area (Å²) in [5.74, 6) is -0.423. The van der Waals surface area contributed by atoms with Crippen LogP contribution in [0, 0.1) is 11.7 Å². The molecule has 0 amide bonds. The number of aromatic hydroxyl groups is 1. The van der Waals surface area contributed by atoms with Crippen molar-refractivity contribution in [1.29, 1.82) is 0 Å². The summed E-state index contributed by atoms with van der Waals surface area (Å²) in [4.78, 5) is 0. The summed E-state index contributed by atoms with van der Waals surface area (Å²) in [6.07, 6.45) is 0.602. The summed E-state index contributed by atoms with van der Waals surface area (Å²) in [5.41, 5.74) is 5.92. The van der Waals surface area contributed by atoms with E-state index in [0.29, 0.717) is 12.3 Å². The molecule has 0 unspecified atom stereocenters. The van der Waals surface area contributed by atoms with Gasteiger partial charge in [0.25, 0.3) is 0 Å². The van der Waals surface area contributed by atoms with Gasteiger partial charge < -0.3 is 10.8 Å². The number of phenols is 1. The van der Waals surface area contributed by atoms with Gasteiger partial charge in [0.1, 0.15) is 11.6 Å². The first-order valence-corrected chi connectivity index (χ1v) is 5.23. The van der Waals surface area contributed by atoms with E-state index in [4.69, 9.17) is 17.3 Å². The predicted molar refractivity (Wildman–Crippen MR) is 59.5 cm³/mol. The van der Waals surface area contributed by atoms with Crippen molar-refractivity contribution in [1.82, 2.24) is 0 Å². The minimum atomic E-state index is -0.524. The van der Waals surface area contributed by atoms with Crippen molar-refractivity contribution in [2.75, 3.05) is 0 Å². The maximum absolute atomic E-state index is 13.4. The molecule has 1 aromatic rings. The number of rotatable bonds is 3. The normalized spacial score (nSPS) is 13.2. The summed E-state index contributed by atoms with van der Waals surface area (Å²) < 4.78 is 13.4. The average Bonchev–Trinajstić information content (AvgIpc) is 2.11. The number of benzene rings is 1. The van der Waals surface area contributed by atoms with Gasteiger partial charge in [-0.2, -0.15) is 0 Å². The molecule has 1 rings (SSSR count). The van der Waals surface area contributed by atoms with Crippen LogP contribution in [0.15, 0.2) is 12.1 Å². The Balaban J connectivity index is 3.07. The van der Waals surface area contributed by atoms with Crippen LogP contribution >= 0.6 is 11.6 Å². The molecular weight excluding hydrogens is 217 g/mol. The van der Waals surface area contributed by atoms with Gasteiger partial charge in [-0.3, -0.25) is 0 Å². The Morgan fingerprint density at radius 2 is 2.07 bits per heavy atom. The Kier molecular flexibility index (Phi) is 3.94. The van der Waals surface area contributed by atoms with Gasteiger partial charge in [0.2, 0.25) is 0 Å². The number of halogens is 2. The summed E-state index contributed by atoms with van der Waals surface area (Å²) in [7, 11) is 0. The molecule has 0 radical (unpaired) electrons. The zero-order valence-corrected chi connectivity index (χ0v) is 9.55. The molecule has 0 saturated heterocycles. The fourth-order valence-electron chi connectivity index (χ4n) is 1.54. The van der Waals surface area contributed by atoms with Crippen LogP contribution in [-0.4, -0.2) is 5.11 Å². The minimum Gasteiger partial charge on any atom is -0.506 e. The second-order valence-electron chi connectivity index (χ2n) is 4.03. The monoisotopic (exact) mass is 231 g/mol. The van der Waals surface area contributed by atoms with Crippen LogP contribution in [0.1, 0.15) is 31.9 Å². The molecule has 3 N–H and O–H groups in total. The predicted octanol–water partition coefficient (Wildman–Crippen LogP) is 3.23. The third-order valence-corrected chi connectivity index (χ3v) is 2.52. The van der Waals surface area contributed by atoms with Crippen LogP contribution in [0.2, 0.25) is 5.02 Å². The quantitative estimate of drug-likeness (QED) is 0.839. The van der Waals surface area contributed by atoms with E-state index < -0.39 is 11.9 Å². The maximum Gasteiger partial charge on any atom is 0.141 e. The van der Waals surface area contributed by atoms with Crippen molar-refractivity contribution in [3.8, 4) is 5.75 Å². The number of phenolic OH excluding ortho intramolecular Hbond substituents is 1. The van der Waals surface area contributed by atoms with Gasteiger partial charge in [0, 0.05) is 11.6 Å². The first-order valence-electron chi connectivity index (χ1n) is 4.86. The highest BCUT2D eigenvalue weighted by Gasteiger charge is 2.19. The third-order valence-electron chi connectivity index (χ3n) is 2.21. The topological polar surface area (TPSA) is 46.2 Å². The molecule has 0 fully saturated rings. The molecular formula is C11H15ClFNO. The zero-order chi connectivity index (χ0) is 11.6. The molecule has 84 valence electrons. The number of hydrogen-bond donors (Lipinski definition) is 2. The van der Waals surface area contributed by atoms with Crippen molar-refractivity contribution >= 4 is 11.6 Å². The lowest BCUT2D eigenvalue weighted by Crippen LogP contribution is -2.14. The summed E-state index contributed by atoms with van der Waals surface area (Å²) in [6.45, 7) is 3.97. The van der Waals surface area contributed by atoms with Gasteiger partial charge in [-0.1, -0.05) is 25.4 Å². The molecule has 15 heavy (non-hydrogen) atoms. The van der Waals surface area contributed by atoms with Crippen molar-refractivity contribution in [2.45, 2.75) is 26.3 Å². The molecule has 0 aliphatic heterocycles. The molecule has 2 nitrogen and oxygen atoms in total. The van der Waals surface area contributed by atoms with E-state index >= 15 is 0 Å². The van der Waals surface area contributed by atoms with E-state index in [2.05, 4.69) is 0 Å². The van der Waals surface area contributed by atoms with Gasteiger partial charge in [-0.15, -0.1) is 0 Å². The SMILES string of the molecule is CC(C)C[C@H](N)c1c(F)ccc(Cl)c1O. The third kappa shape index (κ3) is 2.83. The first-order chi connectivity index (χ1) is 6.93. The highest BCUT2D eigenvalue weighted by molar-refractivity contribution is 6.32. The number of nitrogens with two attached hydrogens (primary N) is 1. The van der Waals surface area contributed by atoms with Gasteiger partial charge >= 0.3 is 0 Å². The Labute approximate surface area is 93.9 Å². The van der Waals surface area contributed by atoms with Crippen LogP contribution in [-0.2, 0) is 0 Å². The Morgan fingerprint density at radius 3 is 2.60 bits per heavy atom. The first kappa shape index (κ1) is 12.3.